The molecule has 4 aliphatic rings. The zero-order valence-electron chi connectivity index (χ0n) is 14.5. The molecule has 3 fully saturated rings. The molecule has 3 aliphatic heterocycles. The molecule has 1 saturated carbocycles. The maximum Gasteiger partial charge on any atom is 0.313 e. The molecule has 5 rings (SSSR count). The summed E-state index contributed by atoms with van der Waals surface area (Å²) in [4.78, 5) is 20.3. The highest BCUT2D eigenvalue weighted by Gasteiger charge is 2.70. The van der Waals surface area contributed by atoms with E-state index in [4.69, 9.17) is 9.73 Å². The number of benzene rings is 1. The molecule has 25 heavy (non-hydrogen) atoms. The molecule has 2 saturated heterocycles. The van der Waals surface area contributed by atoms with Crippen LogP contribution in [0.15, 0.2) is 40.9 Å². The van der Waals surface area contributed by atoms with Gasteiger partial charge in [-0.1, -0.05) is 24.3 Å². The van der Waals surface area contributed by atoms with Crippen molar-refractivity contribution < 1.29 is 14.6 Å². The van der Waals surface area contributed by atoms with Gasteiger partial charge >= 0.3 is 5.97 Å². The molecule has 3 bridgehead atoms. The van der Waals surface area contributed by atoms with Crippen molar-refractivity contribution in [3.8, 4) is 0 Å². The van der Waals surface area contributed by atoms with Gasteiger partial charge in [0.1, 0.15) is 11.5 Å². The van der Waals surface area contributed by atoms with Gasteiger partial charge < -0.3 is 9.84 Å². The Morgan fingerprint density at radius 3 is 3.00 bits per heavy atom. The van der Waals surface area contributed by atoms with Crippen molar-refractivity contribution >= 4 is 17.4 Å². The summed E-state index contributed by atoms with van der Waals surface area (Å²) in [6.45, 7) is 3.54. The van der Waals surface area contributed by atoms with Gasteiger partial charge in [-0.2, -0.15) is 0 Å². The Labute approximate surface area is 147 Å². The van der Waals surface area contributed by atoms with E-state index in [0.717, 1.165) is 35.5 Å². The van der Waals surface area contributed by atoms with Gasteiger partial charge in [-0.05, 0) is 30.5 Å². The number of allylic oxidation sites excluding steroid dienone is 1. The van der Waals surface area contributed by atoms with E-state index in [1.54, 1.807) is 0 Å². The van der Waals surface area contributed by atoms with Gasteiger partial charge in [-0.3, -0.25) is 14.7 Å². The lowest BCUT2D eigenvalue weighted by molar-refractivity contribution is -0.165. The predicted octanol–water partition coefficient (Wildman–Crippen LogP) is 1.97. The van der Waals surface area contributed by atoms with Crippen LogP contribution in [-0.2, 0) is 14.9 Å². The summed E-state index contributed by atoms with van der Waals surface area (Å²) in [5.74, 6) is -0.975. The van der Waals surface area contributed by atoms with E-state index in [2.05, 4.69) is 11.0 Å². The lowest BCUT2D eigenvalue weighted by Crippen LogP contribution is -2.75. The number of carbonyl (C=O) groups is 1. The van der Waals surface area contributed by atoms with E-state index in [9.17, 15) is 9.90 Å². The highest BCUT2D eigenvalue weighted by molar-refractivity contribution is 6.10. The number of piperidine rings is 2. The minimum Gasteiger partial charge on any atom is -0.469 e. The molecular formula is C20H22N2O3. The first kappa shape index (κ1) is 15.3. The normalized spacial score (nSPS) is 39.8. The van der Waals surface area contributed by atoms with Gasteiger partial charge in [-0.25, -0.2) is 0 Å². The van der Waals surface area contributed by atoms with E-state index in [1.165, 1.54) is 7.11 Å². The van der Waals surface area contributed by atoms with Crippen LogP contribution in [0.5, 0.6) is 0 Å². The lowest BCUT2D eigenvalue weighted by Gasteiger charge is -2.62. The van der Waals surface area contributed by atoms with Crippen LogP contribution in [-0.4, -0.2) is 53.5 Å². The highest BCUT2D eigenvalue weighted by Crippen LogP contribution is 2.61. The molecule has 5 nitrogen and oxygen atoms in total. The molecule has 1 aliphatic carbocycles. The molecule has 0 amide bonds. The Morgan fingerprint density at radius 2 is 2.24 bits per heavy atom. The van der Waals surface area contributed by atoms with Crippen molar-refractivity contribution in [2.24, 2.45) is 10.9 Å². The minimum absolute atomic E-state index is 0.0933. The van der Waals surface area contributed by atoms with E-state index >= 15 is 0 Å². The van der Waals surface area contributed by atoms with Crippen LogP contribution in [0.1, 0.15) is 25.3 Å². The van der Waals surface area contributed by atoms with E-state index in [-0.39, 0.29) is 12.0 Å². The molecular weight excluding hydrogens is 316 g/mol. The first-order chi connectivity index (χ1) is 12.1. The maximum absolute atomic E-state index is 13.0. The average molecular weight is 338 g/mol. The fraction of sp³-hybridized carbons (Fsp3) is 0.500. The molecule has 1 aromatic carbocycles. The van der Waals surface area contributed by atoms with Gasteiger partial charge in [0.05, 0.1) is 24.3 Å². The summed E-state index contributed by atoms with van der Waals surface area (Å²) >= 11 is 0. The molecule has 0 spiro atoms. The second kappa shape index (κ2) is 4.80. The van der Waals surface area contributed by atoms with Gasteiger partial charge in [-0.15, -0.1) is 0 Å². The SMILES string of the molecule is CC=C1CN2CCC34C(=Nc5ccccc53)C2CC1(O)C4C(=O)OC. The number of esters is 1. The Bertz CT molecular complexity index is 845. The molecule has 0 aromatic heterocycles. The molecule has 1 N–H and O–H groups in total. The standard InChI is InChI=1S/C20H22N2O3/c1-3-12-11-22-9-8-19-13-6-4-5-7-14(13)21-17(19)15(22)10-20(12,24)16(19)18(23)25-2/h3-7,15-16,24H,8-11H2,1-2H3. The Balaban J connectivity index is 1.83. The van der Waals surface area contributed by atoms with E-state index < -0.39 is 16.9 Å². The summed E-state index contributed by atoms with van der Waals surface area (Å²) in [6, 6.07) is 8.15. The quantitative estimate of drug-likeness (QED) is 0.628. The fourth-order valence-corrected chi connectivity index (χ4v) is 5.81. The van der Waals surface area contributed by atoms with Crippen molar-refractivity contribution in [2.75, 3.05) is 20.2 Å². The van der Waals surface area contributed by atoms with E-state index in [1.807, 2.05) is 31.2 Å². The fourth-order valence-electron chi connectivity index (χ4n) is 5.81. The summed E-state index contributed by atoms with van der Waals surface area (Å²) in [6.07, 6.45) is 3.28. The third-order valence-corrected chi connectivity index (χ3v) is 6.82. The molecule has 130 valence electrons. The number of nitrogens with zero attached hydrogens (tertiary/aromatic N) is 2. The Kier molecular flexibility index (Phi) is 2.94. The number of fused-ring (bicyclic) bond motifs is 2. The molecule has 3 heterocycles. The van der Waals surface area contributed by atoms with Gasteiger partial charge in [0.25, 0.3) is 0 Å². The molecule has 4 unspecified atom stereocenters. The van der Waals surface area contributed by atoms with Crippen molar-refractivity contribution in [3.05, 3.63) is 41.5 Å². The lowest BCUT2D eigenvalue weighted by atomic mass is 9.49. The van der Waals surface area contributed by atoms with Crippen molar-refractivity contribution in [1.82, 2.24) is 4.90 Å². The summed E-state index contributed by atoms with van der Waals surface area (Å²) in [5, 5.41) is 11.8. The first-order valence-electron chi connectivity index (χ1n) is 8.94. The monoisotopic (exact) mass is 338 g/mol. The second-order valence-corrected chi connectivity index (χ2v) is 7.62. The van der Waals surface area contributed by atoms with Crippen LogP contribution in [0.4, 0.5) is 5.69 Å². The number of para-hydroxylation sites is 1. The third-order valence-electron chi connectivity index (χ3n) is 6.82. The zero-order valence-corrected chi connectivity index (χ0v) is 14.5. The van der Waals surface area contributed by atoms with Crippen LogP contribution in [0.2, 0.25) is 0 Å². The van der Waals surface area contributed by atoms with Crippen LogP contribution in [0.3, 0.4) is 0 Å². The van der Waals surface area contributed by atoms with Crippen LogP contribution in [0.25, 0.3) is 0 Å². The van der Waals surface area contributed by atoms with Crippen molar-refractivity contribution in [2.45, 2.75) is 36.8 Å². The van der Waals surface area contributed by atoms with E-state index in [0.29, 0.717) is 13.0 Å². The molecule has 4 atom stereocenters. The number of hydrogen-bond acceptors (Lipinski definition) is 5. The number of rotatable bonds is 1. The topological polar surface area (TPSA) is 62.1 Å². The molecule has 0 radical (unpaired) electrons. The van der Waals surface area contributed by atoms with Crippen molar-refractivity contribution in [1.29, 1.82) is 0 Å². The number of carbonyl (C=O) groups excluding carboxylic acids is 1. The van der Waals surface area contributed by atoms with Gasteiger partial charge in [0.2, 0.25) is 0 Å². The van der Waals surface area contributed by atoms with Crippen LogP contribution < -0.4 is 0 Å². The maximum atomic E-state index is 13.0. The highest BCUT2D eigenvalue weighted by atomic mass is 16.5. The summed E-state index contributed by atoms with van der Waals surface area (Å²) in [5.41, 5.74) is 2.27. The zero-order chi connectivity index (χ0) is 17.4. The number of aliphatic imine (C=N–C) groups is 1. The third kappa shape index (κ3) is 1.61. The van der Waals surface area contributed by atoms with Crippen molar-refractivity contribution in [3.63, 3.8) is 0 Å². The summed E-state index contributed by atoms with van der Waals surface area (Å²) in [7, 11) is 1.42. The molecule has 1 aromatic rings. The minimum atomic E-state index is -1.17. The number of ether oxygens (including phenoxy) is 1. The first-order valence-corrected chi connectivity index (χ1v) is 8.94. The van der Waals surface area contributed by atoms with Gasteiger partial charge in [0.15, 0.2) is 0 Å². The number of hydrogen-bond donors (Lipinski definition) is 1. The number of aliphatic hydroxyl groups is 1. The summed E-state index contributed by atoms with van der Waals surface area (Å²) < 4.78 is 5.21. The Hall–Kier alpha value is -1.98. The largest absolute Gasteiger partial charge is 0.469 e. The van der Waals surface area contributed by atoms with Gasteiger partial charge in [0, 0.05) is 25.2 Å². The Morgan fingerprint density at radius 1 is 1.44 bits per heavy atom. The predicted molar refractivity (Wildman–Crippen MR) is 94.0 cm³/mol. The van der Waals surface area contributed by atoms with Crippen LogP contribution in [0, 0.1) is 5.92 Å². The second-order valence-electron chi connectivity index (χ2n) is 7.62. The van der Waals surface area contributed by atoms with Crippen LogP contribution >= 0.6 is 0 Å². The smallest absolute Gasteiger partial charge is 0.313 e. The molecule has 5 heteroatoms. The number of methoxy groups -OCH3 is 1. The average Bonchev–Trinajstić information content (AvgIpc) is 2.96.